The number of imide groups is 1. The maximum atomic E-state index is 11.2. The van der Waals surface area contributed by atoms with E-state index in [0.29, 0.717) is 13.1 Å². The summed E-state index contributed by atoms with van der Waals surface area (Å²) in [6.45, 7) is 1.19. The number of urea groups is 1. The van der Waals surface area contributed by atoms with Crippen LogP contribution in [-0.4, -0.2) is 36.5 Å². The van der Waals surface area contributed by atoms with E-state index in [1.54, 1.807) is 0 Å². The summed E-state index contributed by atoms with van der Waals surface area (Å²) in [6, 6.07) is -0.273. The highest BCUT2D eigenvalue weighted by atomic mass is 16.2. The minimum absolute atomic E-state index is 0.0390. The quantitative estimate of drug-likeness (QED) is 0.567. The molecule has 5 nitrogen and oxygen atoms in total. The van der Waals surface area contributed by atoms with E-state index in [1.165, 1.54) is 4.90 Å². The zero-order valence-electron chi connectivity index (χ0n) is 7.38. The molecule has 1 aliphatic heterocycles. The lowest BCUT2D eigenvalue weighted by atomic mass is 10.1. The average Bonchev–Trinajstić information content (AvgIpc) is 2.84. The van der Waals surface area contributed by atoms with Crippen LogP contribution in [-0.2, 0) is 4.79 Å². The normalized spacial score (nSPS) is 24.8. The van der Waals surface area contributed by atoms with Crippen molar-refractivity contribution in [1.82, 2.24) is 10.2 Å². The highest BCUT2D eigenvalue weighted by molar-refractivity contribution is 6.02. The van der Waals surface area contributed by atoms with Crippen LogP contribution in [0.1, 0.15) is 12.8 Å². The number of rotatable bonds is 3. The maximum Gasteiger partial charge on any atom is 0.324 e. The van der Waals surface area contributed by atoms with Crippen molar-refractivity contribution in [3.05, 3.63) is 0 Å². The summed E-state index contributed by atoms with van der Waals surface area (Å²) in [7, 11) is 0. The van der Waals surface area contributed by atoms with Crippen LogP contribution >= 0.6 is 0 Å². The molecule has 1 saturated heterocycles. The summed E-state index contributed by atoms with van der Waals surface area (Å²) in [5.74, 6) is -0.135. The number of amides is 3. The third kappa shape index (κ3) is 1.39. The molecule has 2 fully saturated rings. The molecule has 0 radical (unpaired) electrons. The molecule has 1 aliphatic carbocycles. The molecule has 3 N–H and O–H groups in total. The summed E-state index contributed by atoms with van der Waals surface area (Å²) >= 11 is 0. The second-order valence-corrected chi connectivity index (χ2v) is 3.84. The first-order chi connectivity index (χ1) is 6.17. The minimum atomic E-state index is -0.273. The van der Waals surface area contributed by atoms with Crippen molar-refractivity contribution in [2.24, 2.45) is 11.1 Å². The molecular weight excluding hydrogens is 170 g/mol. The van der Waals surface area contributed by atoms with Crippen LogP contribution < -0.4 is 11.1 Å². The zero-order chi connectivity index (χ0) is 9.47. The lowest BCUT2D eigenvalue weighted by Crippen LogP contribution is -2.38. The van der Waals surface area contributed by atoms with Crippen molar-refractivity contribution in [2.75, 3.05) is 19.6 Å². The van der Waals surface area contributed by atoms with Gasteiger partial charge in [-0.25, -0.2) is 4.79 Å². The van der Waals surface area contributed by atoms with Gasteiger partial charge in [0, 0.05) is 12.0 Å². The van der Waals surface area contributed by atoms with Crippen LogP contribution in [0.4, 0.5) is 4.79 Å². The molecule has 0 aromatic heterocycles. The van der Waals surface area contributed by atoms with E-state index in [1.807, 2.05) is 0 Å². The summed E-state index contributed by atoms with van der Waals surface area (Å²) in [6.07, 6.45) is 2.06. The minimum Gasteiger partial charge on any atom is -0.330 e. The van der Waals surface area contributed by atoms with Gasteiger partial charge in [-0.1, -0.05) is 0 Å². The Hall–Kier alpha value is -1.10. The van der Waals surface area contributed by atoms with E-state index in [9.17, 15) is 9.59 Å². The smallest absolute Gasteiger partial charge is 0.324 e. The maximum absolute atomic E-state index is 11.2. The predicted molar refractivity (Wildman–Crippen MR) is 45.8 cm³/mol. The molecule has 72 valence electrons. The Morgan fingerprint density at radius 2 is 2.15 bits per heavy atom. The fourth-order valence-corrected chi connectivity index (χ4v) is 1.55. The van der Waals surface area contributed by atoms with Crippen molar-refractivity contribution in [3.63, 3.8) is 0 Å². The third-order valence-corrected chi connectivity index (χ3v) is 2.82. The molecule has 0 unspecified atom stereocenters. The Morgan fingerprint density at radius 3 is 2.54 bits per heavy atom. The molecule has 1 saturated carbocycles. The molecule has 13 heavy (non-hydrogen) atoms. The lowest BCUT2D eigenvalue weighted by Gasteiger charge is -2.18. The van der Waals surface area contributed by atoms with Crippen LogP contribution in [0.25, 0.3) is 0 Å². The average molecular weight is 183 g/mol. The molecule has 1 heterocycles. The number of nitrogens with zero attached hydrogens (tertiary/aromatic N) is 1. The second kappa shape index (κ2) is 2.70. The largest absolute Gasteiger partial charge is 0.330 e. The first kappa shape index (κ1) is 8.50. The van der Waals surface area contributed by atoms with Gasteiger partial charge < -0.3 is 11.1 Å². The van der Waals surface area contributed by atoms with Gasteiger partial charge in [0.25, 0.3) is 0 Å². The highest BCUT2D eigenvalue weighted by Gasteiger charge is 2.46. The van der Waals surface area contributed by atoms with Crippen LogP contribution in [0.2, 0.25) is 0 Å². The predicted octanol–water partition coefficient (Wildman–Crippen LogP) is -0.723. The molecule has 2 rings (SSSR count). The Morgan fingerprint density at radius 1 is 1.46 bits per heavy atom. The van der Waals surface area contributed by atoms with Crippen molar-refractivity contribution >= 4 is 11.9 Å². The Labute approximate surface area is 76.3 Å². The fraction of sp³-hybridized carbons (Fsp3) is 0.750. The number of nitrogens with two attached hydrogens (primary N) is 1. The van der Waals surface area contributed by atoms with Gasteiger partial charge in [0.1, 0.15) is 0 Å². The van der Waals surface area contributed by atoms with Crippen LogP contribution in [0.15, 0.2) is 0 Å². The molecular formula is C8H13N3O2. The summed E-state index contributed by atoms with van der Waals surface area (Å²) in [5, 5.41) is 2.49. The first-order valence-electron chi connectivity index (χ1n) is 4.45. The number of nitrogens with one attached hydrogen (secondary N) is 1. The van der Waals surface area contributed by atoms with E-state index in [-0.39, 0.29) is 23.9 Å². The molecule has 0 aromatic carbocycles. The van der Waals surface area contributed by atoms with Gasteiger partial charge in [-0.15, -0.1) is 0 Å². The Bertz CT molecular complexity index is 244. The monoisotopic (exact) mass is 183 g/mol. The third-order valence-electron chi connectivity index (χ3n) is 2.82. The molecule has 0 atom stereocenters. The number of carbonyl (C=O) groups excluding carboxylic acids is 2. The summed E-state index contributed by atoms with van der Waals surface area (Å²) < 4.78 is 0. The van der Waals surface area contributed by atoms with Crippen LogP contribution in [0.5, 0.6) is 0 Å². The molecule has 5 heteroatoms. The summed E-state index contributed by atoms with van der Waals surface area (Å²) in [4.78, 5) is 23.6. The van der Waals surface area contributed by atoms with Crippen LogP contribution in [0, 0.1) is 5.41 Å². The molecule has 2 aliphatic rings. The highest BCUT2D eigenvalue weighted by Crippen LogP contribution is 2.45. The number of carbonyl (C=O) groups is 2. The van der Waals surface area contributed by atoms with Crippen molar-refractivity contribution in [1.29, 1.82) is 0 Å². The first-order valence-corrected chi connectivity index (χ1v) is 4.45. The lowest BCUT2D eigenvalue weighted by molar-refractivity contribution is -0.125. The molecule has 0 spiro atoms. The van der Waals surface area contributed by atoms with Crippen molar-refractivity contribution in [3.8, 4) is 0 Å². The van der Waals surface area contributed by atoms with Gasteiger partial charge in [0.15, 0.2) is 0 Å². The number of hydrogen-bond donors (Lipinski definition) is 2. The van der Waals surface area contributed by atoms with E-state index < -0.39 is 0 Å². The van der Waals surface area contributed by atoms with E-state index in [0.717, 1.165) is 12.8 Å². The van der Waals surface area contributed by atoms with E-state index in [2.05, 4.69) is 5.32 Å². The Kier molecular flexibility index (Phi) is 1.76. The topological polar surface area (TPSA) is 75.4 Å². The number of hydrogen-bond acceptors (Lipinski definition) is 3. The zero-order valence-corrected chi connectivity index (χ0v) is 7.38. The van der Waals surface area contributed by atoms with Crippen molar-refractivity contribution < 1.29 is 9.59 Å². The van der Waals surface area contributed by atoms with Crippen LogP contribution in [0.3, 0.4) is 0 Å². The van der Waals surface area contributed by atoms with Gasteiger partial charge in [0.2, 0.25) is 5.91 Å². The fourth-order valence-electron chi connectivity index (χ4n) is 1.55. The van der Waals surface area contributed by atoms with E-state index in [4.69, 9.17) is 5.73 Å². The Balaban J connectivity index is 2.01. The van der Waals surface area contributed by atoms with Gasteiger partial charge in [0.05, 0.1) is 6.54 Å². The van der Waals surface area contributed by atoms with Gasteiger partial charge in [-0.2, -0.15) is 0 Å². The standard InChI is InChI=1S/C8H13N3O2/c9-4-8(1-2-8)5-11-6(12)3-10-7(11)13/h1-5,9H2,(H,10,13). The SMILES string of the molecule is NCC1(CN2C(=O)CNC2=O)CC1. The van der Waals surface area contributed by atoms with Gasteiger partial charge >= 0.3 is 6.03 Å². The molecule has 0 aromatic rings. The second-order valence-electron chi connectivity index (χ2n) is 3.84. The molecule has 3 amide bonds. The van der Waals surface area contributed by atoms with E-state index >= 15 is 0 Å². The summed E-state index contributed by atoms with van der Waals surface area (Å²) in [5.41, 5.74) is 5.61. The van der Waals surface area contributed by atoms with Crippen molar-refractivity contribution in [2.45, 2.75) is 12.8 Å². The molecule has 0 bridgehead atoms. The van der Waals surface area contributed by atoms with Gasteiger partial charge in [-0.3, -0.25) is 9.69 Å². The van der Waals surface area contributed by atoms with Gasteiger partial charge in [-0.05, 0) is 19.4 Å².